The van der Waals surface area contributed by atoms with E-state index in [0.29, 0.717) is 0 Å². The zero-order valence-electron chi connectivity index (χ0n) is 17.5. The van der Waals surface area contributed by atoms with Gasteiger partial charge in [-0.1, -0.05) is 115 Å². The standard InChI is InChI=1S/C30H19BS/c31-24-17-15-21(16-18-24)25-11-5-13-27-28-14-6-12-26(30(28)32-29(25)27)23-10-4-9-22(19-23)20-7-2-1-3-8-20/h1-19H. The van der Waals surface area contributed by atoms with Gasteiger partial charge in [-0.25, -0.2) is 0 Å². The summed E-state index contributed by atoms with van der Waals surface area (Å²) in [4.78, 5) is 0. The average Bonchev–Trinajstić information content (AvgIpc) is 3.24. The number of benzene rings is 5. The number of hydrogen-bond donors (Lipinski definition) is 0. The van der Waals surface area contributed by atoms with Gasteiger partial charge in [0, 0.05) is 20.2 Å². The predicted molar refractivity (Wildman–Crippen MR) is 141 cm³/mol. The van der Waals surface area contributed by atoms with Crippen LogP contribution in [-0.2, 0) is 0 Å². The average molecular weight is 422 g/mol. The second-order valence-corrected chi connectivity index (χ2v) is 9.06. The molecular formula is C30H19BS. The van der Waals surface area contributed by atoms with Crippen LogP contribution in [0.4, 0.5) is 0 Å². The molecule has 0 spiro atoms. The first kappa shape index (κ1) is 19.1. The van der Waals surface area contributed by atoms with Crippen LogP contribution in [0.15, 0.2) is 115 Å². The van der Waals surface area contributed by atoms with Crippen molar-refractivity contribution < 1.29 is 0 Å². The Labute approximate surface area is 193 Å². The first-order valence-corrected chi connectivity index (χ1v) is 11.6. The highest BCUT2D eigenvalue weighted by Crippen LogP contribution is 2.43. The molecular weight excluding hydrogens is 403 g/mol. The van der Waals surface area contributed by atoms with E-state index in [9.17, 15) is 0 Å². The highest BCUT2D eigenvalue weighted by atomic mass is 32.1. The number of rotatable bonds is 3. The SMILES string of the molecule is [B]c1ccc(-c2cccc3c2sc2c(-c4cccc(-c5ccccc5)c4)cccc23)cc1. The van der Waals surface area contributed by atoms with Gasteiger partial charge in [-0.2, -0.15) is 0 Å². The Balaban J connectivity index is 1.56. The first-order valence-electron chi connectivity index (χ1n) is 10.7. The van der Waals surface area contributed by atoms with Gasteiger partial charge in [0.25, 0.3) is 0 Å². The predicted octanol–water partition coefficient (Wildman–Crippen LogP) is 7.85. The van der Waals surface area contributed by atoms with Crippen molar-refractivity contribution >= 4 is 44.8 Å². The van der Waals surface area contributed by atoms with Crippen LogP contribution in [0.1, 0.15) is 0 Å². The number of fused-ring (bicyclic) bond motifs is 3. The van der Waals surface area contributed by atoms with Crippen LogP contribution < -0.4 is 5.46 Å². The summed E-state index contributed by atoms with van der Waals surface area (Å²) < 4.78 is 2.65. The summed E-state index contributed by atoms with van der Waals surface area (Å²) in [6, 6.07) is 40.9. The van der Waals surface area contributed by atoms with Crippen LogP contribution in [0.2, 0.25) is 0 Å². The Hall–Kier alpha value is -3.62. The molecule has 6 rings (SSSR count). The topological polar surface area (TPSA) is 0 Å². The van der Waals surface area contributed by atoms with E-state index in [0.717, 1.165) is 5.46 Å². The van der Waals surface area contributed by atoms with Crippen LogP contribution in [-0.4, -0.2) is 7.85 Å². The van der Waals surface area contributed by atoms with Crippen LogP contribution in [0.5, 0.6) is 0 Å². The summed E-state index contributed by atoms with van der Waals surface area (Å²) in [5.74, 6) is 0. The van der Waals surface area contributed by atoms with E-state index in [1.54, 1.807) is 0 Å². The fourth-order valence-electron chi connectivity index (χ4n) is 4.43. The van der Waals surface area contributed by atoms with Gasteiger partial charge in [0.1, 0.15) is 7.85 Å². The van der Waals surface area contributed by atoms with Gasteiger partial charge in [-0.3, -0.25) is 0 Å². The van der Waals surface area contributed by atoms with Crippen molar-refractivity contribution in [2.45, 2.75) is 0 Å². The summed E-state index contributed by atoms with van der Waals surface area (Å²) in [7, 11) is 5.92. The summed E-state index contributed by atoms with van der Waals surface area (Å²) in [6.45, 7) is 0. The Kier molecular flexibility index (Phi) is 4.67. The van der Waals surface area contributed by atoms with Gasteiger partial charge in [0.2, 0.25) is 0 Å². The van der Waals surface area contributed by atoms with Crippen LogP contribution in [0, 0.1) is 0 Å². The van der Waals surface area contributed by atoms with Crippen molar-refractivity contribution in [2.75, 3.05) is 0 Å². The third kappa shape index (κ3) is 3.24. The second-order valence-electron chi connectivity index (χ2n) is 8.04. The summed E-state index contributed by atoms with van der Waals surface area (Å²) in [6.07, 6.45) is 0. The Morgan fingerprint density at radius 2 is 1.00 bits per heavy atom. The molecule has 0 bridgehead atoms. The van der Waals surface area contributed by atoms with E-state index in [2.05, 4.69) is 103 Å². The van der Waals surface area contributed by atoms with Crippen molar-refractivity contribution in [2.24, 2.45) is 0 Å². The molecule has 0 aliphatic carbocycles. The minimum Gasteiger partial charge on any atom is -0.134 e. The van der Waals surface area contributed by atoms with Crippen molar-refractivity contribution in [3.63, 3.8) is 0 Å². The third-order valence-corrected chi connectivity index (χ3v) is 7.31. The molecule has 1 heterocycles. The molecule has 1 aromatic heterocycles. The molecule has 2 heteroatoms. The fraction of sp³-hybridized carbons (Fsp3) is 0. The quantitative estimate of drug-likeness (QED) is 0.255. The van der Waals surface area contributed by atoms with Crippen molar-refractivity contribution in [3.8, 4) is 33.4 Å². The Bertz CT molecular complexity index is 1560. The smallest absolute Gasteiger partial charge is 0.113 e. The van der Waals surface area contributed by atoms with E-state index in [4.69, 9.17) is 7.85 Å². The molecule has 0 saturated heterocycles. The molecule has 0 atom stereocenters. The van der Waals surface area contributed by atoms with Gasteiger partial charge in [0.15, 0.2) is 0 Å². The maximum absolute atomic E-state index is 5.92. The number of hydrogen-bond acceptors (Lipinski definition) is 1. The van der Waals surface area contributed by atoms with Gasteiger partial charge < -0.3 is 0 Å². The molecule has 0 saturated carbocycles. The molecule has 0 N–H and O–H groups in total. The van der Waals surface area contributed by atoms with Gasteiger partial charge >= 0.3 is 0 Å². The minimum atomic E-state index is 0.790. The van der Waals surface area contributed by atoms with E-state index in [1.165, 1.54) is 53.6 Å². The minimum absolute atomic E-state index is 0.790. The molecule has 0 nitrogen and oxygen atoms in total. The molecule has 6 aromatic rings. The van der Waals surface area contributed by atoms with Gasteiger partial charge in [0.05, 0.1) is 0 Å². The summed E-state index contributed by atoms with van der Waals surface area (Å²) in [5, 5.41) is 2.62. The molecule has 0 aliphatic heterocycles. The lowest BCUT2D eigenvalue weighted by atomic mass is 9.93. The normalized spacial score (nSPS) is 11.2. The zero-order chi connectivity index (χ0) is 21.5. The Morgan fingerprint density at radius 1 is 0.438 bits per heavy atom. The lowest BCUT2D eigenvalue weighted by molar-refractivity contribution is 1.61. The highest BCUT2D eigenvalue weighted by Gasteiger charge is 2.14. The summed E-state index contributed by atoms with van der Waals surface area (Å²) >= 11 is 1.88. The molecule has 0 fully saturated rings. The zero-order valence-corrected chi connectivity index (χ0v) is 18.3. The van der Waals surface area contributed by atoms with Gasteiger partial charge in [-0.15, -0.1) is 11.3 Å². The molecule has 2 radical (unpaired) electrons. The van der Waals surface area contributed by atoms with E-state index in [-0.39, 0.29) is 0 Å². The van der Waals surface area contributed by atoms with Crippen molar-refractivity contribution in [1.82, 2.24) is 0 Å². The van der Waals surface area contributed by atoms with Crippen LogP contribution >= 0.6 is 11.3 Å². The third-order valence-electron chi connectivity index (χ3n) is 6.03. The van der Waals surface area contributed by atoms with E-state index in [1.807, 2.05) is 23.5 Å². The summed E-state index contributed by atoms with van der Waals surface area (Å²) in [5.41, 5.74) is 8.25. The Morgan fingerprint density at radius 3 is 1.69 bits per heavy atom. The molecule has 0 aliphatic rings. The van der Waals surface area contributed by atoms with E-state index < -0.39 is 0 Å². The maximum atomic E-state index is 5.92. The lowest BCUT2D eigenvalue weighted by Crippen LogP contribution is -1.99. The first-order chi connectivity index (χ1) is 15.8. The fourth-order valence-corrected chi connectivity index (χ4v) is 5.81. The molecule has 148 valence electrons. The molecule has 0 unspecified atom stereocenters. The second kappa shape index (κ2) is 7.82. The van der Waals surface area contributed by atoms with Crippen molar-refractivity contribution in [1.29, 1.82) is 0 Å². The highest BCUT2D eigenvalue weighted by molar-refractivity contribution is 7.26. The van der Waals surface area contributed by atoms with E-state index >= 15 is 0 Å². The van der Waals surface area contributed by atoms with Crippen molar-refractivity contribution in [3.05, 3.63) is 115 Å². The van der Waals surface area contributed by atoms with Crippen LogP contribution in [0.3, 0.4) is 0 Å². The molecule has 5 aromatic carbocycles. The largest absolute Gasteiger partial charge is 0.134 e. The lowest BCUT2D eigenvalue weighted by Gasteiger charge is -2.07. The number of thiophene rings is 1. The van der Waals surface area contributed by atoms with Crippen LogP contribution in [0.25, 0.3) is 53.6 Å². The van der Waals surface area contributed by atoms with Gasteiger partial charge in [-0.05, 0) is 39.4 Å². The molecule has 0 amide bonds. The monoisotopic (exact) mass is 422 g/mol. The molecule has 32 heavy (non-hydrogen) atoms. The maximum Gasteiger partial charge on any atom is 0.113 e.